The van der Waals surface area contributed by atoms with Crippen LogP contribution in [0, 0.1) is 13.8 Å². The number of piperidine rings is 1. The molecule has 0 radical (unpaired) electrons. The molecule has 0 aliphatic carbocycles. The molecule has 0 amide bonds. The first-order chi connectivity index (χ1) is 10.6. The number of hydrogen-bond acceptors (Lipinski definition) is 3. The molecule has 2 aromatic rings. The van der Waals surface area contributed by atoms with Crippen molar-refractivity contribution in [2.45, 2.75) is 32.7 Å². The molecule has 1 saturated heterocycles. The van der Waals surface area contributed by atoms with E-state index in [9.17, 15) is 0 Å². The molecule has 1 aliphatic rings. The normalized spacial score (nSPS) is 16.7. The van der Waals surface area contributed by atoms with Gasteiger partial charge in [-0.15, -0.1) is 0 Å². The number of hydrogen-bond donors (Lipinski definition) is 1. The van der Waals surface area contributed by atoms with Crippen molar-refractivity contribution >= 4 is 5.69 Å². The van der Waals surface area contributed by atoms with Crippen LogP contribution in [0.3, 0.4) is 0 Å². The first-order valence-corrected chi connectivity index (χ1v) is 8.11. The molecule has 0 saturated carbocycles. The van der Waals surface area contributed by atoms with E-state index < -0.39 is 0 Å². The second kappa shape index (κ2) is 6.49. The molecule has 3 rings (SSSR count). The minimum atomic E-state index is 0.559. The van der Waals surface area contributed by atoms with E-state index in [2.05, 4.69) is 66.4 Å². The van der Waals surface area contributed by atoms with Crippen molar-refractivity contribution in [2.24, 2.45) is 0 Å². The van der Waals surface area contributed by atoms with Crippen LogP contribution in [0.5, 0.6) is 0 Å². The molecule has 0 atom stereocenters. The molecule has 1 aromatic carbocycles. The van der Waals surface area contributed by atoms with Gasteiger partial charge in [0.2, 0.25) is 0 Å². The van der Waals surface area contributed by atoms with Gasteiger partial charge in [0.25, 0.3) is 0 Å². The quantitative estimate of drug-likeness (QED) is 0.931. The highest BCUT2D eigenvalue weighted by molar-refractivity contribution is 5.70. The van der Waals surface area contributed by atoms with Crippen molar-refractivity contribution in [3.63, 3.8) is 0 Å². The zero-order chi connectivity index (χ0) is 15.5. The molecule has 3 heteroatoms. The molecule has 116 valence electrons. The highest BCUT2D eigenvalue weighted by atomic mass is 15.1. The molecular formula is C19H25N3. The lowest BCUT2D eigenvalue weighted by Crippen LogP contribution is -2.36. The van der Waals surface area contributed by atoms with E-state index in [0.29, 0.717) is 6.04 Å². The summed E-state index contributed by atoms with van der Waals surface area (Å²) in [5.41, 5.74) is 6.01. The summed E-state index contributed by atoms with van der Waals surface area (Å²) in [7, 11) is 2.20. The van der Waals surface area contributed by atoms with E-state index in [1.807, 2.05) is 6.20 Å². The van der Waals surface area contributed by atoms with Crippen molar-refractivity contribution < 1.29 is 0 Å². The average molecular weight is 295 g/mol. The first-order valence-electron chi connectivity index (χ1n) is 8.11. The minimum Gasteiger partial charge on any atom is -0.381 e. The fourth-order valence-electron chi connectivity index (χ4n) is 3.10. The monoisotopic (exact) mass is 295 g/mol. The summed E-state index contributed by atoms with van der Waals surface area (Å²) < 4.78 is 0. The van der Waals surface area contributed by atoms with Crippen molar-refractivity contribution in [3.05, 3.63) is 47.8 Å². The highest BCUT2D eigenvalue weighted by Gasteiger charge is 2.17. The van der Waals surface area contributed by atoms with E-state index in [1.54, 1.807) is 0 Å². The Hall–Kier alpha value is -1.87. The number of anilines is 1. The maximum Gasteiger partial charge on any atom is 0.0604 e. The number of pyridine rings is 1. The maximum absolute atomic E-state index is 4.60. The fraction of sp³-hybridized carbons (Fsp3) is 0.421. The average Bonchev–Trinajstić information content (AvgIpc) is 2.52. The maximum atomic E-state index is 4.60. The number of likely N-dealkylation sites (tertiary alicyclic amines) is 1. The Morgan fingerprint density at radius 3 is 2.59 bits per heavy atom. The molecule has 3 nitrogen and oxygen atoms in total. The second-order valence-corrected chi connectivity index (χ2v) is 6.39. The van der Waals surface area contributed by atoms with Gasteiger partial charge in [0, 0.05) is 17.8 Å². The lowest BCUT2D eigenvalue weighted by atomic mass is 10.0. The molecule has 1 aliphatic heterocycles. The lowest BCUT2D eigenvalue weighted by Gasteiger charge is -2.30. The third-order valence-corrected chi connectivity index (χ3v) is 4.62. The Kier molecular flexibility index (Phi) is 4.44. The first kappa shape index (κ1) is 15.0. The van der Waals surface area contributed by atoms with E-state index in [-0.39, 0.29) is 0 Å². The van der Waals surface area contributed by atoms with E-state index in [0.717, 1.165) is 5.69 Å². The molecule has 0 unspecified atom stereocenters. The number of nitrogens with zero attached hydrogens (tertiary/aromatic N) is 2. The van der Waals surface area contributed by atoms with Crippen LogP contribution in [0.1, 0.15) is 24.1 Å². The number of aryl methyl sites for hydroxylation is 2. The van der Waals surface area contributed by atoms with E-state index in [4.69, 9.17) is 0 Å². The topological polar surface area (TPSA) is 28.2 Å². The SMILES string of the molecule is Cc1ccccc1-c1cnc(C)c(NC2CCN(C)CC2)c1. The summed E-state index contributed by atoms with van der Waals surface area (Å²) in [4.78, 5) is 7.00. The molecule has 1 fully saturated rings. The Morgan fingerprint density at radius 2 is 1.86 bits per heavy atom. The van der Waals surface area contributed by atoms with E-state index in [1.165, 1.54) is 48.3 Å². The van der Waals surface area contributed by atoms with Crippen LogP contribution < -0.4 is 5.32 Å². The zero-order valence-corrected chi connectivity index (χ0v) is 13.8. The van der Waals surface area contributed by atoms with Crippen molar-refractivity contribution in [1.29, 1.82) is 0 Å². The highest BCUT2D eigenvalue weighted by Crippen LogP contribution is 2.27. The number of aromatic nitrogens is 1. The van der Waals surface area contributed by atoms with Crippen molar-refractivity contribution in [2.75, 3.05) is 25.5 Å². The molecular weight excluding hydrogens is 270 g/mol. The molecule has 1 N–H and O–H groups in total. The Bertz CT molecular complexity index is 643. The lowest BCUT2D eigenvalue weighted by molar-refractivity contribution is 0.264. The fourth-order valence-corrected chi connectivity index (χ4v) is 3.10. The summed E-state index contributed by atoms with van der Waals surface area (Å²) in [6.07, 6.45) is 4.38. The number of nitrogens with one attached hydrogen (secondary N) is 1. The Morgan fingerprint density at radius 1 is 1.14 bits per heavy atom. The molecule has 0 spiro atoms. The van der Waals surface area contributed by atoms with Crippen LogP contribution in [0.15, 0.2) is 36.5 Å². The van der Waals surface area contributed by atoms with Gasteiger partial charge in [-0.05, 0) is 64.0 Å². The van der Waals surface area contributed by atoms with Gasteiger partial charge in [-0.25, -0.2) is 0 Å². The van der Waals surface area contributed by atoms with Crippen LogP contribution in [0.25, 0.3) is 11.1 Å². The molecule has 22 heavy (non-hydrogen) atoms. The summed E-state index contributed by atoms with van der Waals surface area (Å²) in [6.45, 7) is 6.57. The summed E-state index contributed by atoms with van der Waals surface area (Å²) >= 11 is 0. The number of benzene rings is 1. The predicted molar refractivity (Wildman–Crippen MR) is 93.3 cm³/mol. The van der Waals surface area contributed by atoms with Gasteiger partial charge in [-0.3, -0.25) is 4.98 Å². The third kappa shape index (κ3) is 3.30. The van der Waals surface area contributed by atoms with Crippen LogP contribution >= 0.6 is 0 Å². The summed E-state index contributed by atoms with van der Waals surface area (Å²) in [5, 5.41) is 3.71. The van der Waals surface area contributed by atoms with Gasteiger partial charge in [0.05, 0.1) is 11.4 Å². The van der Waals surface area contributed by atoms with Crippen molar-refractivity contribution in [3.8, 4) is 11.1 Å². The Labute approximate surface area is 133 Å². The summed E-state index contributed by atoms with van der Waals surface area (Å²) in [6, 6.07) is 11.3. The second-order valence-electron chi connectivity index (χ2n) is 6.39. The molecule has 1 aromatic heterocycles. The van der Waals surface area contributed by atoms with E-state index >= 15 is 0 Å². The van der Waals surface area contributed by atoms with Crippen LogP contribution in [0.2, 0.25) is 0 Å². The zero-order valence-electron chi connectivity index (χ0n) is 13.8. The third-order valence-electron chi connectivity index (χ3n) is 4.62. The molecule has 0 bridgehead atoms. The van der Waals surface area contributed by atoms with Gasteiger partial charge in [-0.1, -0.05) is 24.3 Å². The van der Waals surface area contributed by atoms with Gasteiger partial charge in [-0.2, -0.15) is 0 Å². The van der Waals surface area contributed by atoms with Crippen LogP contribution in [0.4, 0.5) is 5.69 Å². The largest absolute Gasteiger partial charge is 0.381 e. The summed E-state index contributed by atoms with van der Waals surface area (Å²) in [5.74, 6) is 0. The van der Waals surface area contributed by atoms with Gasteiger partial charge in [0.15, 0.2) is 0 Å². The van der Waals surface area contributed by atoms with Gasteiger partial charge in [0.1, 0.15) is 0 Å². The smallest absolute Gasteiger partial charge is 0.0604 e. The van der Waals surface area contributed by atoms with Crippen LogP contribution in [-0.4, -0.2) is 36.1 Å². The minimum absolute atomic E-state index is 0.559. The van der Waals surface area contributed by atoms with Gasteiger partial charge >= 0.3 is 0 Å². The standard InChI is InChI=1S/C19H25N3/c1-14-6-4-5-7-18(14)16-12-19(15(2)20-13-16)21-17-8-10-22(3)11-9-17/h4-7,12-13,17,21H,8-11H2,1-3H3. The predicted octanol–water partition coefficient (Wildman–Crippen LogP) is 3.87. The van der Waals surface area contributed by atoms with Crippen molar-refractivity contribution in [1.82, 2.24) is 9.88 Å². The van der Waals surface area contributed by atoms with Crippen LogP contribution in [-0.2, 0) is 0 Å². The Balaban J connectivity index is 1.83. The number of rotatable bonds is 3. The van der Waals surface area contributed by atoms with Gasteiger partial charge < -0.3 is 10.2 Å². The molecule has 2 heterocycles.